The Balaban J connectivity index is 2.64. The molecule has 0 radical (unpaired) electrons. The molecule has 0 spiro atoms. The van der Waals surface area contributed by atoms with Crippen molar-refractivity contribution in [3.63, 3.8) is 0 Å². The topological polar surface area (TPSA) is 72.9 Å². The van der Waals surface area contributed by atoms with Gasteiger partial charge in [-0.15, -0.1) is 0 Å². The van der Waals surface area contributed by atoms with Crippen molar-refractivity contribution < 1.29 is 14.7 Å². The van der Waals surface area contributed by atoms with Crippen LogP contribution in [0.4, 0.5) is 4.79 Å². The summed E-state index contributed by atoms with van der Waals surface area (Å²) in [6.07, 6.45) is 3.31. The maximum Gasteiger partial charge on any atom is 0.332 e. The fraction of sp³-hybridized carbons (Fsp3) is 0.833. The van der Waals surface area contributed by atoms with Crippen LogP contribution in [-0.4, -0.2) is 52.2 Å². The number of aliphatic carboxylic acids is 1. The molecule has 6 heteroatoms. The molecular formula is C12H23N3O3. The normalized spacial score (nSPS) is 17.3. The highest BCUT2D eigenvalue weighted by Gasteiger charge is 2.37. The van der Waals surface area contributed by atoms with E-state index in [1.54, 1.807) is 6.92 Å². The third kappa shape index (κ3) is 3.35. The van der Waals surface area contributed by atoms with Gasteiger partial charge in [-0.3, -0.25) is 5.43 Å². The first-order valence-electron chi connectivity index (χ1n) is 6.46. The van der Waals surface area contributed by atoms with E-state index in [1.807, 2.05) is 5.01 Å². The van der Waals surface area contributed by atoms with Crippen LogP contribution in [0.5, 0.6) is 0 Å². The van der Waals surface area contributed by atoms with Crippen molar-refractivity contribution in [1.82, 2.24) is 15.3 Å². The molecule has 0 unspecified atom stereocenters. The molecule has 1 saturated heterocycles. The lowest BCUT2D eigenvalue weighted by atomic mass is 10.0. The second kappa shape index (κ2) is 6.04. The van der Waals surface area contributed by atoms with Crippen LogP contribution in [0.15, 0.2) is 0 Å². The van der Waals surface area contributed by atoms with E-state index in [0.717, 1.165) is 25.9 Å². The van der Waals surface area contributed by atoms with Crippen molar-refractivity contribution in [2.75, 3.05) is 19.6 Å². The highest BCUT2D eigenvalue weighted by atomic mass is 16.4. The van der Waals surface area contributed by atoms with Gasteiger partial charge in [-0.05, 0) is 33.6 Å². The summed E-state index contributed by atoms with van der Waals surface area (Å²) in [5.41, 5.74) is 1.59. The van der Waals surface area contributed by atoms with E-state index < -0.39 is 11.5 Å². The molecule has 0 bridgehead atoms. The first-order valence-corrected chi connectivity index (χ1v) is 6.46. The van der Waals surface area contributed by atoms with Gasteiger partial charge in [-0.25, -0.2) is 14.6 Å². The summed E-state index contributed by atoms with van der Waals surface area (Å²) in [6.45, 7) is 6.87. The Hall–Kier alpha value is -1.30. The van der Waals surface area contributed by atoms with Crippen molar-refractivity contribution >= 4 is 12.0 Å². The molecular weight excluding hydrogens is 234 g/mol. The molecule has 1 rings (SSSR count). The zero-order valence-electron chi connectivity index (χ0n) is 11.4. The smallest absolute Gasteiger partial charge is 0.332 e. The van der Waals surface area contributed by atoms with Crippen LogP contribution >= 0.6 is 0 Å². The van der Waals surface area contributed by atoms with E-state index in [0.29, 0.717) is 6.54 Å². The van der Waals surface area contributed by atoms with Gasteiger partial charge in [0.15, 0.2) is 0 Å². The van der Waals surface area contributed by atoms with Gasteiger partial charge in [0.05, 0.1) is 0 Å². The minimum Gasteiger partial charge on any atom is -0.480 e. The molecule has 18 heavy (non-hydrogen) atoms. The number of rotatable bonds is 4. The number of amides is 2. The number of carboxylic acids is 1. The molecule has 6 nitrogen and oxygen atoms in total. The SMILES string of the molecule is CCN(C(=O)NN1CCCCC1)C(C)(C)C(=O)O. The summed E-state index contributed by atoms with van der Waals surface area (Å²) in [4.78, 5) is 24.6. The molecule has 1 aliphatic rings. The van der Waals surface area contributed by atoms with Crippen LogP contribution in [0, 0.1) is 0 Å². The Labute approximate surface area is 108 Å². The summed E-state index contributed by atoms with van der Waals surface area (Å²) >= 11 is 0. The van der Waals surface area contributed by atoms with Crippen molar-refractivity contribution in [2.24, 2.45) is 0 Å². The zero-order chi connectivity index (χ0) is 13.8. The largest absolute Gasteiger partial charge is 0.480 e. The van der Waals surface area contributed by atoms with Gasteiger partial charge >= 0.3 is 12.0 Å². The number of hydrogen-bond donors (Lipinski definition) is 2. The minimum atomic E-state index is -1.20. The van der Waals surface area contributed by atoms with Crippen molar-refractivity contribution in [3.05, 3.63) is 0 Å². The molecule has 0 aromatic carbocycles. The van der Waals surface area contributed by atoms with E-state index in [2.05, 4.69) is 5.43 Å². The Kier molecular flexibility index (Phi) is 4.95. The Morgan fingerprint density at radius 1 is 1.28 bits per heavy atom. The summed E-state index contributed by atoms with van der Waals surface area (Å²) in [5, 5.41) is 11.0. The summed E-state index contributed by atoms with van der Waals surface area (Å²) in [7, 11) is 0. The maximum atomic E-state index is 12.1. The Morgan fingerprint density at radius 2 is 1.83 bits per heavy atom. The van der Waals surface area contributed by atoms with E-state index in [-0.39, 0.29) is 6.03 Å². The molecule has 0 saturated carbocycles. The predicted molar refractivity (Wildman–Crippen MR) is 68.1 cm³/mol. The lowest BCUT2D eigenvalue weighted by Gasteiger charge is -2.36. The average molecular weight is 257 g/mol. The van der Waals surface area contributed by atoms with E-state index >= 15 is 0 Å². The van der Waals surface area contributed by atoms with Gasteiger partial charge in [0.1, 0.15) is 5.54 Å². The van der Waals surface area contributed by atoms with Crippen LogP contribution in [0.1, 0.15) is 40.0 Å². The summed E-state index contributed by atoms with van der Waals surface area (Å²) in [6, 6.07) is -0.341. The number of hydrazine groups is 1. The number of urea groups is 1. The van der Waals surface area contributed by atoms with Gasteiger partial charge in [-0.1, -0.05) is 6.42 Å². The Morgan fingerprint density at radius 3 is 2.28 bits per heavy atom. The van der Waals surface area contributed by atoms with Gasteiger partial charge in [0, 0.05) is 19.6 Å². The van der Waals surface area contributed by atoms with Crippen LogP contribution in [0.25, 0.3) is 0 Å². The lowest BCUT2D eigenvalue weighted by Crippen LogP contribution is -2.59. The third-order valence-electron chi connectivity index (χ3n) is 3.37. The second-order valence-corrected chi connectivity index (χ2v) is 5.07. The number of nitrogens with zero attached hydrogens (tertiary/aromatic N) is 2. The fourth-order valence-corrected chi connectivity index (χ4v) is 2.11. The number of piperidine rings is 1. The van der Waals surface area contributed by atoms with E-state index in [9.17, 15) is 9.59 Å². The number of likely N-dealkylation sites (N-methyl/N-ethyl adjacent to an activating group) is 1. The van der Waals surface area contributed by atoms with Crippen LogP contribution in [0.3, 0.4) is 0 Å². The lowest BCUT2D eigenvalue weighted by molar-refractivity contribution is -0.147. The van der Waals surface area contributed by atoms with Gasteiger partial charge in [0.25, 0.3) is 0 Å². The molecule has 0 aliphatic carbocycles. The minimum absolute atomic E-state index is 0.341. The zero-order valence-corrected chi connectivity index (χ0v) is 11.4. The van der Waals surface area contributed by atoms with E-state index in [1.165, 1.54) is 25.2 Å². The number of hydrogen-bond acceptors (Lipinski definition) is 3. The van der Waals surface area contributed by atoms with Crippen molar-refractivity contribution in [1.29, 1.82) is 0 Å². The number of carboxylic acid groups (broad SMARTS) is 1. The van der Waals surface area contributed by atoms with Gasteiger partial charge in [0.2, 0.25) is 0 Å². The third-order valence-corrected chi connectivity index (χ3v) is 3.37. The first kappa shape index (κ1) is 14.8. The maximum absolute atomic E-state index is 12.1. The molecule has 0 aromatic heterocycles. The van der Waals surface area contributed by atoms with Crippen LogP contribution in [0.2, 0.25) is 0 Å². The molecule has 1 fully saturated rings. The number of nitrogens with one attached hydrogen (secondary N) is 1. The molecule has 1 heterocycles. The predicted octanol–water partition coefficient (Wildman–Crippen LogP) is 1.28. The first-order chi connectivity index (χ1) is 8.39. The van der Waals surface area contributed by atoms with Crippen LogP contribution < -0.4 is 5.43 Å². The standard InChI is InChI=1S/C12H23N3O3/c1-4-15(12(2,3)10(16)17)11(18)13-14-8-6-5-7-9-14/h4-9H2,1-3H3,(H,13,18)(H,16,17). The molecule has 2 N–H and O–H groups in total. The summed E-state index contributed by atoms with van der Waals surface area (Å²) in [5.74, 6) is -1.00. The highest BCUT2D eigenvalue weighted by molar-refractivity contribution is 5.85. The average Bonchev–Trinajstić information content (AvgIpc) is 2.30. The highest BCUT2D eigenvalue weighted by Crippen LogP contribution is 2.15. The summed E-state index contributed by atoms with van der Waals surface area (Å²) < 4.78 is 0. The second-order valence-electron chi connectivity index (χ2n) is 5.07. The van der Waals surface area contributed by atoms with Gasteiger partial charge in [-0.2, -0.15) is 0 Å². The molecule has 2 amide bonds. The fourth-order valence-electron chi connectivity index (χ4n) is 2.11. The molecule has 0 atom stereocenters. The quantitative estimate of drug-likeness (QED) is 0.795. The van der Waals surface area contributed by atoms with Gasteiger partial charge < -0.3 is 10.0 Å². The molecule has 0 aromatic rings. The molecule has 1 aliphatic heterocycles. The van der Waals surface area contributed by atoms with Crippen molar-refractivity contribution in [2.45, 2.75) is 45.6 Å². The van der Waals surface area contributed by atoms with Crippen molar-refractivity contribution in [3.8, 4) is 0 Å². The monoisotopic (exact) mass is 257 g/mol. The molecule has 104 valence electrons. The number of carbonyl (C=O) groups is 2. The van der Waals surface area contributed by atoms with Crippen LogP contribution in [-0.2, 0) is 4.79 Å². The van der Waals surface area contributed by atoms with E-state index in [4.69, 9.17) is 5.11 Å². The Bertz CT molecular complexity index is 312. The number of carbonyl (C=O) groups excluding carboxylic acids is 1.